The van der Waals surface area contributed by atoms with Crippen molar-refractivity contribution in [2.75, 3.05) is 18.6 Å². The SMILES string of the molecule is COC(=O)c1ccc(Cn2c(-c3cncc(F)c3)nc3c(N)nc(C)nc32)cc1.Cc1nc(N)c2nc(-c3cncc(F)c3)n(Cc3ccc(CO)cc3)c2n1. The third kappa shape index (κ3) is 7.69. The number of fused-ring (bicyclic) bond motifs is 2. The van der Waals surface area contributed by atoms with Crippen molar-refractivity contribution in [1.82, 2.24) is 49.0 Å². The molecule has 15 nitrogen and oxygen atoms in total. The molecule has 8 aromatic rings. The number of halogens is 2. The number of methoxy groups -OCH3 is 1. The molecule has 282 valence electrons. The molecule has 6 aromatic heterocycles. The van der Waals surface area contributed by atoms with E-state index in [1.54, 1.807) is 32.2 Å². The Hall–Kier alpha value is -7.27. The number of carbonyl (C=O) groups excluding carboxylic acids is 1. The minimum Gasteiger partial charge on any atom is -0.465 e. The minimum absolute atomic E-state index is 0.0164. The number of nitrogen functional groups attached to an aromatic ring is 2. The number of anilines is 2. The lowest BCUT2D eigenvalue weighted by Crippen LogP contribution is -2.06. The second-order valence-electron chi connectivity index (χ2n) is 12.6. The lowest BCUT2D eigenvalue weighted by molar-refractivity contribution is 0.0600. The second kappa shape index (κ2) is 15.6. The Morgan fingerprint density at radius 3 is 1.50 bits per heavy atom. The van der Waals surface area contributed by atoms with Crippen LogP contribution in [-0.2, 0) is 24.4 Å². The van der Waals surface area contributed by atoms with Gasteiger partial charge in [-0.2, -0.15) is 0 Å². The summed E-state index contributed by atoms with van der Waals surface area (Å²) in [6.07, 6.45) is 5.34. The molecule has 6 heterocycles. The molecule has 56 heavy (non-hydrogen) atoms. The van der Waals surface area contributed by atoms with E-state index in [0.717, 1.165) is 29.1 Å². The van der Waals surface area contributed by atoms with Crippen LogP contribution in [0.2, 0.25) is 0 Å². The van der Waals surface area contributed by atoms with Gasteiger partial charge in [0.25, 0.3) is 0 Å². The van der Waals surface area contributed by atoms with Crippen molar-refractivity contribution >= 4 is 39.9 Å². The molecule has 2 aromatic carbocycles. The van der Waals surface area contributed by atoms with Gasteiger partial charge in [0, 0.05) is 23.5 Å². The van der Waals surface area contributed by atoms with Gasteiger partial charge in [-0.05, 0) is 54.8 Å². The predicted molar refractivity (Wildman–Crippen MR) is 204 cm³/mol. The Bertz CT molecular complexity index is 2720. The molecule has 0 amide bonds. The lowest BCUT2D eigenvalue weighted by Gasteiger charge is -2.10. The number of carbonyl (C=O) groups is 1. The van der Waals surface area contributed by atoms with Gasteiger partial charge in [0.1, 0.15) is 34.9 Å². The average Bonchev–Trinajstić information content (AvgIpc) is 3.74. The van der Waals surface area contributed by atoms with Crippen LogP contribution < -0.4 is 11.5 Å². The molecule has 5 N–H and O–H groups in total. The van der Waals surface area contributed by atoms with Gasteiger partial charge in [0.2, 0.25) is 0 Å². The molecule has 0 aliphatic carbocycles. The first-order valence-electron chi connectivity index (χ1n) is 17.1. The van der Waals surface area contributed by atoms with Gasteiger partial charge in [-0.15, -0.1) is 0 Å². The van der Waals surface area contributed by atoms with E-state index in [-0.39, 0.29) is 18.2 Å². The van der Waals surface area contributed by atoms with Crippen LogP contribution in [0, 0.1) is 25.5 Å². The maximum Gasteiger partial charge on any atom is 0.337 e. The molecule has 0 unspecified atom stereocenters. The van der Waals surface area contributed by atoms with E-state index in [9.17, 15) is 18.7 Å². The number of nitrogens with two attached hydrogens (primary N) is 2. The lowest BCUT2D eigenvalue weighted by atomic mass is 10.1. The number of benzene rings is 2. The number of hydrogen-bond donors (Lipinski definition) is 3. The van der Waals surface area contributed by atoms with E-state index in [1.165, 1.54) is 25.4 Å². The molecule has 0 aliphatic heterocycles. The number of aliphatic hydroxyl groups is 1. The summed E-state index contributed by atoms with van der Waals surface area (Å²) in [5, 5.41) is 9.22. The van der Waals surface area contributed by atoms with E-state index in [1.807, 2.05) is 45.5 Å². The number of aryl methyl sites for hydroxylation is 2. The van der Waals surface area contributed by atoms with Gasteiger partial charge in [-0.25, -0.2) is 43.5 Å². The fourth-order valence-electron chi connectivity index (χ4n) is 6.06. The van der Waals surface area contributed by atoms with Crippen molar-refractivity contribution in [1.29, 1.82) is 0 Å². The summed E-state index contributed by atoms with van der Waals surface area (Å²) in [6, 6.07) is 17.2. The normalized spacial score (nSPS) is 11.1. The van der Waals surface area contributed by atoms with Crippen molar-refractivity contribution in [2.24, 2.45) is 0 Å². The quantitative estimate of drug-likeness (QED) is 0.170. The number of imidazole rings is 2. The zero-order valence-corrected chi connectivity index (χ0v) is 30.4. The fraction of sp³-hybridized carbons (Fsp3) is 0.154. The summed E-state index contributed by atoms with van der Waals surface area (Å²) in [5.74, 6) is 1.20. The number of aliphatic hydroxyl groups excluding tert-OH is 1. The first-order valence-corrected chi connectivity index (χ1v) is 17.1. The van der Waals surface area contributed by atoms with Crippen molar-refractivity contribution in [2.45, 2.75) is 33.5 Å². The van der Waals surface area contributed by atoms with E-state index >= 15 is 0 Å². The molecule has 0 saturated carbocycles. The van der Waals surface area contributed by atoms with Crippen molar-refractivity contribution in [3.05, 3.63) is 131 Å². The van der Waals surface area contributed by atoms with Crippen LogP contribution in [0.3, 0.4) is 0 Å². The van der Waals surface area contributed by atoms with Crippen molar-refractivity contribution in [3.63, 3.8) is 0 Å². The Kier molecular flexibility index (Phi) is 10.3. The molecule has 0 saturated heterocycles. The Morgan fingerprint density at radius 2 is 1.09 bits per heavy atom. The van der Waals surface area contributed by atoms with Gasteiger partial charge in [-0.3, -0.25) is 9.97 Å². The zero-order chi connectivity index (χ0) is 39.5. The Balaban J connectivity index is 0.000000172. The highest BCUT2D eigenvalue weighted by molar-refractivity contribution is 5.89. The number of ether oxygens (including phenoxy) is 1. The highest BCUT2D eigenvalue weighted by Crippen LogP contribution is 2.29. The molecular formula is C39H34F2N12O3. The topological polar surface area (TPSA) is 212 Å². The molecule has 0 fully saturated rings. The van der Waals surface area contributed by atoms with E-state index in [2.05, 4.69) is 39.9 Å². The second-order valence-corrected chi connectivity index (χ2v) is 12.6. The van der Waals surface area contributed by atoms with E-state index in [0.29, 0.717) is 75.4 Å². The highest BCUT2D eigenvalue weighted by atomic mass is 19.1. The van der Waals surface area contributed by atoms with E-state index in [4.69, 9.17) is 16.2 Å². The highest BCUT2D eigenvalue weighted by Gasteiger charge is 2.20. The van der Waals surface area contributed by atoms with Gasteiger partial charge < -0.3 is 30.4 Å². The molecule has 0 radical (unpaired) electrons. The van der Waals surface area contributed by atoms with Gasteiger partial charge >= 0.3 is 5.97 Å². The first-order chi connectivity index (χ1) is 27.0. The van der Waals surface area contributed by atoms with Crippen LogP contribution in [0.1, 0.15) is 38.7 Å². The number of aromatic nitrogens is 10. The summed E-state index contributed by atoms with van der Waals surface area (Å²) in [7, 11) is 1.33. The third-order valence-electron chi connectivity index (χ3n) is 8.65. The molecule has 0 aliphatic rings. The third-order valence-corrected chi connectivity index (χ3v) is 8.65. The van der Waals surface area contributed by atoms with Crippen LogP contribution >= 0.6 is 0 Å². The molecule has 17 heteroatoms. The maximum absolute atomic E-state index is 13.8. The molecule has 8 rings (SSSR count). The van der Waals surface area contributed by atoms with E-state index < -0.39 is 17.6 Å². The average molecular weight is 757 g/mol. The number of pyridine rings is 2. The summed E-state index contributed by atoms with van der Waals surface area (Å²) in [5.41, 5.74) is 18.2. The maximum atomic E-state index is 13.8. The summed E-state index contributed by atoms with van der Waals surface area (Å²) < 4.78 is 35.9. The summed E-state index contributed by atoms with van der Waals surface area (Å²) in [4.78, 5) is 45.9. The summed E-state index contributed by atoms with van der Waals surface area (Å²) in [6.45, 7) is 4.30. The van der Waals surface area contributed by atoms with Crippen molar-refractivity contribution < 1.29 is 23.4 Å². The van der Waals surface area contributed by atoms with Gasteiger partial charge in [0.15, 0.2) is 34.0 Å². The number of esters is 1. The van der Waals surface area contributed by atoms with Crippen LogP contribution in [0.4, 0.5) is 20.4 Å². The zero-order valence-electron chi connectivity index (χ0n) is 30.4. The van der Waals surface area contributed by atoms with Crippen LogP contribution in [-0.4, -0.2) is 67.2 Å². The molecule has 0 atom stereocenters. The Morgan fingerprint density at radius 1 is 0.661 bits per heavy atom. The van der Waals surface area contributed by atoms with Crippen LogP contribution in [0.25, 0.3) is 45.1 Å². The molecule has 0 bridgehead atoms. The number of rotatable bonds is 8. The minimum atomic E-state index is -0.473. The Labute approximate surface area is 317 Å². The number of nitrogens with zero attached hydrogens (tertiary/aromatic N) is 10. The fourth-order valence-corrected chi connectivity index (χ4v) is 6.06. The van der Waals surface area contributed by atoms with Gasteiger partial charge in [-0.1, -0.05) is 36.4 Å². The van der Waals surface area contributed by atoms with Crippen LogP contribution in [0.15, 0.2) is 85.5 Å². The molecule has 0 spiro atoms. The predicted octanol–water partition coefficient (Wildman–Crippen LogP) is 5.21. The molecular weight excluding hydrogens is 723 g/mol. The van der Waals surface area contributed by atoms with Crippen molar-refractivity contribution in [3.8, 4) is 22.8 Å². The standard InChI is InChI=1S/C20H17FN6O2.C19H17FN6O/c1-11-24-17(22)16-19(25-11)27(18(26-16)14-7-15(21)9-23-8-14)10-12-3-5-13(6-4-12)20(28)29-2;1-11-23-17(21)16-19(24-11)26(9-12-2-4-13(10-27)5-3-12)18(25-16)14-6-15(20)8-22-7-14/h3-9H,10H2,1-2H3,(H2,22,24,25);2-8,27H,9-10H2,1H3,(H2,21,23,24). The largest absolute Gasteiger partial charge is 0.465 e. The summed E-state index contributed by atoms with van der Waals surface area (Å²) >= 11 is 0. The monoisotopic (exact) mass is 756 g/mol. The smallest absolute Gasteiger partial charge is 0.337 e. The van der Waals surface area contributed by atoms with Crippen LogP contribution in [0.5, 0.6) is 0 Å². The first kappa shape index (κ1) is 37.1. The van der Waals surface area contributed by atoms with Gasteiger partial charge in [0.05, 0.1) is 44.8 Å². The number of hydrogen-bond acceptors (Lipinski definition) is 13.